The van der Waals surface area contributed by atoms with Crippen molar-refractivity contribution >= 4 is 11.6 Å². The normalized spacial score (nSPS) is 18.7. The minimum Gasteiger partial charge on any atom is -0.346 e. The molecule has 1 aliphatic heterocycles. The van der Waals surface area contributed by atoms with Gasteiger partial charge in [0.05, 0.1) is 12.2 Å². The summed E-state index contributed by atoms with van der Waals surface area (Å²) in [5.74, 6) is 5.66. The SMILES string of the molecule is Cc1ccc(C(=O)NC2C=CC(CN3CCN(C)CC3)=C(C(F)(F)F)C2)cc1C#Cc1cnc2cccnn12. The van der Waals surface area contributed by atoms with Crippen LogP contribution in [0.25, 0.3) is 5.65 Å². The molecule has 0 saturated carbocycles. The fourth-order valence-electron chi connectivity index (χ4n) is 4.74. The maximum absolute atomic E-state index is 14.0. The molecule has 2 aliphatic rings. The molecule has 2 aromatic heterocycles. The first-order valence-electron chi connectivity index (χ1n) is 12.8. The summed E-state index contributed by atoms with van der Waals surface area (Å²) in [5, 5.41) is 7.00. The molecular formula is C29H29F3N6O. The summed E-state index contributed by atoms with van der Waals surface area (Å²) in [7, 11) is 2.01. The zero-order chi connectivity index (χ0) is 27.6. The quantitative estimate of drug-likeness (QED) is 0.519. The van der Waals surface area contributed by atoms with Crippen LogP contribution in [0.1, 0.15) is 33.6 Å². The molecule has 1 fully saturated rings. The van der Waals surface area contributed by atoms with Crippen molar-refractivity contribution in [2.24, 2.45) is 0 Å². The van der Waals surface area contributed by atoms with Gasteiger partial charge in [0.2, 0.25) is 0 Å². The van der Waals surface area contributed by atoms with E-state index in [1.807, 2.05) is 24.9 Å². The molecule has 1 aromatic carbocycles. The van der Waals surface area contributed by atoms with Crippen molar-refractivity contribution in [3.8, 4) is 11.8 Å². The highest BCUT2D eigenvalue weighted by atomic mass is 19.4. The first-order valence-corrected chi connectivity index (χ1v) is 12.8. The van der Waals surface area contributed by atoms with Crippen LogP contribution in [0.4, 0.5) is 13.2 Å². The van der Waals surface area contributed by atoms with Crippen molar-refractivity contribution in [1.29, 1.82) is 0 Å². The van der Waals surface area contributed by atoms with Crippen molar-refractivity contribution in [1.82, 2.24) is 29.7 Å². The third-order valence-electron chi connectivity index (χ3n) is 7.09. The fourth-order valence-corrected chi connectivity index (χ4v) is 4.74. The average Bonchev–Trinajstić information content (AvgIpc) is 3.33. The summed E-state index contributed by atoms with van der Waals surface area (Å²) in [4.78, 5) is 21.5. The number of aromatic nitrogens is 3. The van der Waals surface area contributed by atoms with Gasteiger partial charge in [-0.25, -0.2) is 9.50 Å². The van der Waals surface area contributed by atoms with Crippen LogP contribution in [0.2, 0.25) is 0 Å². The average molecular weight is 535 g/mol. The Hall–Kier alpha value is -3.94. The van der Waals surface area contributed by atoms with Crippen molar-refractivity contribution in [3.63, 3.8) is 0 Å². The summed E-state index contributed by atoms with van der Waals surface area (Å²) in [6.07, 6.45) is 1.69. The fraction of sp³-hybridized carbons (Fsp3) is 0.345. The molecule has 1 atom stereocenters. The minimum absolute atomic E-state index is 0.252. The predicted octanol–water partition coefficient (Wildman–Crippen LogP) is 3.60. The highest BCUT2D eigenvalue weighted by Crippen LogP contribution is 2.35. The molecule has 1 amide bonds. The van der Waals surface area contributed by atoms with E-state index in [1.54, 1.807) is 47.3 Å². The Balaban J connectivity index is 1.29. The van der Waals surface area contributed by atoms with Gasteiger partial charge in [-0.2, -0.15) is 18.3 Å². The maximum atomic E-state index is 14.0. The van der Waals surface area contributed by atoms with Gasteiger partial charge in [0.15, 0.2) is 5.65 Å². The lowest BCUT2D eigenvalue weighted by molar-refractivity contribution is -0.0956. The monoisotopic (exact) mass is 534 g/mol. The Morgan fingerprint density at radius 3 is 2.72 bits per heavy atom. The Labute approximate surface area is 225 Å². The number of hydrogen-bond acceptors (Lipinski definition) is 5. The highest BCUT2D eigenvalue weighted by Gasteiger charge is 2.38. The molecule has 0 spiro atoms. The smallest absolute Gasteiger partial charge is 0.346 e. The number of hydrogen-bond donors (Lipinski definition) is 1. The third kappa shape index (κ3) is 6.21. The van der Waals surface area contributed by atoms with Crippen LogP contribution in [0.15, 0.2) is 66.0 Å². The molecule has 0 radical (unpaired) electrons. The number of carbonyl (C=O) groups is 1. The molecule has 1 N–H and O–H groups in total. The topological polar surface area (TPSA) is 65.8 Å². The van der Waals surface area contributed by atoms with Crippen molar-refractivity contribution in [2.75, 3.05) is 39.8 Å². The maximum Gasteiger partial charge on any atom is 0.413 e. The Morgan fingerprint density at radius 1 is 1.15 bits per heavy atom. The van der Waals surface area contributed by atoms with Gasteiger partial charge < -0.3 is 10.2 Å². The van der Waals surface area contributed by atoms with Crippen LogP contribution in [0, 0.1) is 18.8 Å². The van der Waals surface area contributed by atoms with Gasteiger partial charge in [0.1, 0.15) is 5.69 Å². The molecule has 3 aromatic rings. The van der Waals surface area contributed by atoms with E-state index >= 15 is 0 Å². The van der Waals surface area contributed by atoms with Gasteiger partial charge in [0, 0.05) is 62.0 Å². The second-order valence-electron chi connectivity index (χ2n) is 9.94. The number of benzene rings is 1. The van der Waals surface area contributed by atoms with Crippen LogP contribution in [-0.4, -0.2) is 82.3 Å². The lowest BCUT2D eigenvalue weighted by Gasteiger charge is -2.34. The number of likely N-dealkylation sites (N-methyl/N-ethyl adjacent to an activating group) is 1. The molecule has 1 unspecified atom stereocenters. The van der Waals surface area contributed by atoms with Crippen LogP contribution < -0.4 is 5.32 Å². The Morgan fingerprint density at radius 2 is 1.95 bits per heavy atom. The summed E-state index contributed by atoms with van der Waals surface area (Å²) < 4.78 is 43.6. The molecule has 202 valence electrons. The van der Waals surface area contributed by atoms with Crippen LogP contribution in [0.5, 0.6) is 0 Å². The van der Waals surface area contributed by atoms with E-state index < -0.39 is 23.7 Å². The number of amides is 1. The highest BCUT2D eigenvalue weighted by molar-refractivity contribution is 5.95. The summed E-state index contributed by atoms with van der Waals surface area (Å²) in [6, 6.07) is 7.93. The Bertz CT molecular complexity index is 1500. The number of rotatable bonds is 4. The van der Waals surface area contributed by atoms with E-state index in [4.69, 9.17) is 0 Å². The van der Waals surface area contributed by atoms with E-state index in [1.165, 1.54) is 6.08 Å². The van der Waals surface area contributed by atoms with Crippen molar-refractivity contribution < 1.29 is 18.0 Å². The summed E-state index contributed by atoms with van der Waals surface area (Å²) in [6.45, 7) is 5.25. The second kappa shape index (κ2) is 11.0. The molecule has 0 bridgehead atoms. The first kappa shape index (κ1) is 26.7. The molecule has 3 heterocycles. The Kier molecular flexibility index (Phi) is 7.55. The summed E-state index contributed by atoms with van der Waals surface area (Å²) >= 11 is 0. The molecule has 39 heavy (non-hydrogen) atoms. The van der Waals surface area contributed by atoms with Crippen LogP contribution in [-0.2, 0) is 0 Å². The predicted molar refractivity (Wildman–Crippen MR) is 142 cm³/mol. The van der Waals surface area contributed by atoms with E-state index in [2.05, 4.69) is 32.1 Å². The molecular weight excluding hydrogens is 505 g/mol. The molecule has 7 nitrogen and oxygen atoms in total. The van der Waals surface area contributed by atoms with Gasteiger partial charge in [-0.1, -0.05) is 24.1 Å². The number of carbonyl (C=O) groups excluding carboxylic acids is 1. The van der Waals surface area contributed by atoms with Crippen molar-refractivity contribution in [2.45, 2.75) is 25.6 Å². The minimum atomic E-state index is -4.46. The van der Waals surface area contributed by atoms with Crippen LogP contribution >= 0.6 is 0 Å². The number of aryl methyl sites for hydroxylation is 1. The second-order valence-corrected chi connectivity index (χ2v) is 9.94. The number of nitrogens with one attached hydrogen (secondary N) is 1. The summed E-state index contributed by atoms with van der Waals surface area (Å²) in [5.41, 5.74) is 2.80. The number of halogens is 3. The van der Waals surface area contributed by atoms with E-state index in [0.717, 1.165) is 31.7 Å². The number of fused-ring (bicyclic) bond motifs is 1. The van der Waals surface area contributed by atoms with Gasteiger partial charge in [-0.3, -0.25) is 9.69 Å². The van der Waals surface area contributed by atoms with Gasteiger partial charge in [-0.05, 0) is 55.3 Å². The lowest BCUT2D eigenvalue weighted by Crippen LogP contribution is -2.45. The van der Waals surface area contributed by atoms with E-state index in [0.29, 0.717) is 22.5 Å². The lowest BCUT2D eigenvalue weighted by atomic mass is 9.92. The van der Waals surface area contributed by atoms with E-state index in [-0.39, 0.29) is 18.5 Å². The number of nitrogens with zero attached hydrogens (tertiary/aromatic N) is 5. The van der Waals surface area contributed by atoms with E-state index in [9.17, 15) is 18.0 Å². The third-order valence-corrected chi connectivity index (χ3v) is 7.09. The van der Waals surface area contributed by atoms with Gasteiger partial charge >= 0.3 is 6.18 Å². The molecule has 5 rings (SSSR count). The molecule has 10 heteroatoms. The van der Waals surface area contributed by atoms with Crippen LogP contribution in [0.3, 0.4) is 0 Å². The standard InChI is InChI=1S/C29H29F3N6O/c1-20-5-6-22(16-21(20)8-10-25-18-33-27-4-3-11-34-38(25)27)28(39)35-24-9-7-23(26(17-24)29(30,31)32)19-37-14-12-36(2)13-15-37/h3-7,9,11,16,18,24H,12-15,17,19H2,1-2H3,(H,35,39). The zero-order valence-electron chi connectivity index (χ0n) is 21.8. The zero-order valence-corrected chi connectivity index (χ0v) is 21.8. The number of alkyl halides is 3. The molecule has 1 aliphatic carbocycles. The van der Waals surface area contributed by atoms with Gasteiger partial charge in [0.25, 0.3) is 5.91 Å². The molecule has 1 saturated heterocycles. The largest absolute Gasteiger partial charge is 0.413 e. The first-order chi connectivity index (χ1) is 18.7. The number of imidazole rings is 1. The number of piperazine rings is 1. The van der Waals surface area contributed by atoms with Gasteiger partial charge in [-0.15, -0.1) is 0 Å². The van der Waals surface area contributed by atoms with Crippen molar-refractivity contribution in [3.05, 3.63) is 88.4 Å².